The number of halogens is 2. The van der Waals surface area contributed by atoms with Crippen LogP contribution in [0.25, 0.3) is 0 Å². The summed E-state index contributed by atoms with van der Waals surface area (Å²) in [5.41, 5.74) is 2.58. The van der Waals surface area contributed by atoms with E-state index in [1.807, 2.05) is 11.3 Å². The summed E-state index contributed by atoms with van der Waals surface area (Å²) in [4.78, 5) is 2.68. The molecule has 0 radical (unpaired) electrons. The SMILES string of the molecule is CCCNC(c1cccc(C)c1Br)c1sc(C)cc1Br. The van der Waals surface area contributed by atoms with Gasteiger partial charge in [0.1, 0.15) is 0 Å². The van der Waals surface area contributed by atoms with Gasteiger partial charge >= 0.3 is 0 Å². The van der Waals surface area contributed by atoms with Crippen molar-refractivity contribution in [3.8, 4) is 0 Å². The third-order valence-corrected chi connectivity index (χ3v) is 6.35. The Balaban J connectivity index is 2.47. The fraction of sp³-hybridized carbons (Fsp3) is 0.375. The van der Waals surface area contributed by atoms with Gasteiger partial charge in [0.15, 0.2) is 0 Å². The first-order valence-corrected chi connectivity index (χ1v) is 9.19. The predicted molar refractivity (Wildman–Crippen MR) is 95.8 cm³/mol. The molecule has 1 aromatic carbocycles. The highest BCUT2D eigenvalue weighted by atomic mass is 79.9. The second-order valence-electron chi connectivity index (χ2n) is 4.93. The van der Waals surface area contributed by atoms with Crippen molar-refractivity contribution in [1.82, 2.24) is 5.32 Å². The molecular formula is C16H19Br2NS. The van der Waals surface area contributed by atoms with E-state index in [0.717, 1.165) is 13.0 Å². The maximum absolute atomic E-state index is 3.75. The fourth-order valence-electron chi connectivity index (χ4n) is 2.22. The molecule has 0 aliphatic rings. The van der Waals surface area contributed by atoms with Gasteiger partial charge < -0.3 is 5.32 Å². The molecule has 0 amide bonds. The van der Waals surface area contributed by atoms with E-state index < -0.39 is 0 Å². The maximum atomic E-state index is 3.75. The molecule has 0 spiro atoms. The second kappa shape index (κ2) is 7.21. The van der Waals surface area contributed by atoms with Crippen molar-refractivity contribution in [2.75, 3.05) is 6.54 Å². The summed E-state index contributed by atoms with van der Waals surface area (Å²) in [5.74, 6) is 0. The molecule has 2 rings (SSSR count). The van der Waals surface area contributed by atoms with Crippen LogP contribution in [0.4, 0.5) is 0 Å². The van der Waals surface area contributed by atoms with Crippen molar-refractivity contribution >= 4 is 43.2 Å². The van der Waals surface area contributed by atoms with Gasteiger partial charge in [-0.05, 0) is 59.9 Å². The highest BCUT2D eigenvalue weighted by Gasteiger charge is 2.21. The Hall–Kier alpha value is -0.160. The molecule has 0 bridgehead atoms. The maximum Gasteiger partial charge on any atom is 0.0693 e. The topological polar surface area (TPSA) is 12.0 Å². The summed E-state index contributed by atoms with van der Waals surface area (Å²) in [6.45, 7) is 7.50. The minimum atomic E-state index is 0.234. The van der Waals surface area contributed by atoms with E-state index >= 15 is 0 Å². The Kier molecular flexibility index (Phi) is 5.84. The third kappa shape index (κ3) is 3.53. The molecule has 1 heterocycles. The van der Waals surface area contributed by atoms with Crippen LogP contribution in [0, 0.1) is 13.8 Å². The second-order valence-corrected chi connectivity index (χ2v) is 7.87. The first kappa shape index (κ1) is 16.2. The van der Waals surface area contributed by atoms with Crippen molar-refractivity contribution in [3.63, 3.8) is 0 Å². The van der Waals surface area contributed by atoms with Crippen molar-refractivity contribution in [2.45, 2.75) is 33.2 Å². The zero-order valence-corrected chi connectivity index (χ0v) is 16.0. The van der Waals surface area contributed by atoms with E-state index in [1.54, 1.807) is 0 Å². The first-order valence-electron chi connectivity index (χ1n) is 6.78. The molecule has 1 atom stereocenters. The van der Waals surface area contributed by atoms with Gasteiger partial charge in [0.05, 0.1) is 6.04 Å². The average molecular weight is 417 g/mol. The lowest BCUT2D eigenvalue weighted by Gasteiger charge is -2.21. The monoisotopic (exact) mass is 415 g/mol. The minimum Gasteiger partial charge on any atom is -0.306 e. The summed E-state index contributed by atoms with van der Waals surface area (Å²) in [6.07, 6.45) is 1.13. The molecule has 1 N–H and O–H groups in total. The van der Waals surface area contributed by atoms with Crippen molar-refractivity contribution < 1.29 is 0 Å². The average Bonchev–Trinajstić information content (AvgIpc) is 2.74. The van der Waals surface area contributed by atoms with Gasteiger partial charge in [0.2, 0.25) is 0 Å². The molecule has 1 aromatic heterocycles. The van der Waals surface area contributed by atoms with Gasteiger partial charge in [-0.2, -0.15) is 0 Å². The molecule has 108 valence electrons. The number of hydrogen-bond acceptors (Lipinski definition) is 2. The van der Waals surface area contributed by atoms with Crippen LogP contribution in [0.5, 0.6) is 0 Å². The molecular weight excluding hydrogens is 398 g/mol. The van der Waals surface area contributed by atoms with Crippen LogP contribution in [-0.2, 0) is 0 Å². The van der Waals surface area contributed by atoms with E-state index in [0.29, 0.717) is 0 Å². The molecule has 2 aromatic rings. The number of benzene rings is 1. The minimum absolute atomic E-state index is 0.234. The van der Waals surface area contributed by atoms with Crippen molar-refractivity contribution in [3.05, 3.63) is 54.1 Å². The zero-order chi connectivity index (χ0) is 14.7. The van der Waals surface area contributed by atoms with E-state index in [9.17, 15) is 0 Å². The third-order valence-electron chi connectivity index (χ3n) is 3.23. The van der Waals surface area contributed by atoms with Crippen LogP contribution in [0.2, 0.25) is 0 Å². The summed E-state index contributed by atoms with van der Waals surface area (Å²) >= 11 is 9.31. The molecule has 0 fully saturated rings. The molecule has 1 unspecified atom stereocenters. The Morgan fingerprint density at radius 1 is 1.25 bits per heavy atom. The lowest BCUT2D eigenvalue weighted by Crippen LogP contribution is -2.23. The first-order chi connectivity index (χ1) is 9.54. The van der Waals surface area contributed by atoms with Gasteiger partial charge in [-0.1, -0.05) is 41.1 Å². The van der Waals surface area contributed by atoms with Crippen LogP contribution in [0.15, 0.2) is 33.2 Å². The molecule has 4 heteroatoms. The Morgan fingerprint density at radius 3 is 2.60 bits per heavy atom. The highest BCUT2D eigenvalue weighted by Crippen LogP contribution is 2.38. The number of thiophene rings is 1. The van der Waals surface area contributed by atoms with E-state index in [-0.39, 0.29) is 6.04 Å². The molecule has 1 nitrogen and oxygen atoms in total. The van der Waals surface area contributed by atoms with Crippen molar-refractivity contribution in [1.29, 1.82) is 0 Å². The largest absolute Gasteiger partial charge is 0.306 e. The summed E-state index contributed by atoms with van der Waals surface area (Å²) in [6, 6.07) is 8.90. The Morgan fingerprint density at radius 2 is 2.00 bits per heavy atom. The van der Waals surface area contributed by atoms with Gasteiger partial charge in [-0.3, -0.25) is 0 Å². The molecule has 0 saturated carbocycles. The molecule has 0 aliphatic carbocycles. The Labute approximate surface area is 142 Å². The quantitative estimate of drug-likeness (QED) is 0.632. The van der Waals surface area contributed by atoms with Crippen LogP contribution < -0.4 is 5.32 Å². The van der Waals surface area contributed by atoms with Crippen LogP contribution in [-0.4, -0.2) is 6.54 Å². The van der Waals surface area contributed by atoms with E-state index in [2.05, 4.69) is 82.2 Å². The molecule has 20 heavy (non-hydrogen) atoms. The van der Waals surface area contributed by atoms with Crippen LogP contribution in [0.3, 0.4) is 0 Å². The number of nitrogens with one attached hydrogen (secondary N) is 1. The van der Waals surface area contributed by atoms with Crippen LogP contribution >= 0.6 is 43.2 Å². The number of rotatable bonds is 5. The summed E-state index contributed by atoms with van der Waals surface area (Å²) < 4.78 is 2.40. The highest BCUT2D eigenvalue weighted by molar-refractivity contribution is 9.11. The molecule has 0 aliphatic heterocycles. The molecule has 0 saturated heterocycles. The number of aryl methyl sites for hydroxylation is 2. The van der Waals surface area contributed by atoms with Gasteiger partial charge in [0.25, 0.3) is 0 Å². The van der Waals surface area contributed by atoms with Gasteiger partial charge in [0, 0.05) is 18.7 Å². The summed E-state index contributed by atoms with van der Waals surface area (Å²) in [7, 11) is 0. The van der Waals surface area contributed by atoms with E-state index in [1.165, 1.54) is 29.8 Å². The predicted octanol–water partition coefficient (Wildman–Crippen LogP) is 5.98. The van der Waals surface area contributed by atoms with Gasteiger partial charge in [-0.15, -0.1) is 11.3 Å². The lowest BCUT2D eigenvalue weighted by molar-refractivity contribution is 0.602. The van der Waals surface area contributed by atoms with Crippen LogP contribution in [0.1, 0.15) is 40.3 Å². The Bertz CT molecular complexity index is 592. The lowest BCUT2D eigenvalue weighted by atomic mass is 10.0. The summed E-state index contributed by atoms with van der Waals surface area (Å²) in [5, 5.41) is 3.67. The zero-order valence-electron chi connectivity index (χ0n) is 12.0. The fourth-order valence-corrected chi connectivity index (χ4v) is 4.69. The number of hydrogen-bond donors (Lipinski definition) is 1. The normalized spacial score (nSPS) is 12.7. The standard InChI is InChI=1S/C16H19Br2NS/c1-4-8-19-15(16-13(17)9-11(3)20-16)12-7-5-6-10(2)14(12)18/h5-7,9,15,19H,4,8H2,1-3H3. The smallest absolute Gasteiger partial charge is 0.0693 e. The van der Waals surface area contributed by atoms with E-state index in [4.69, 9.17) is 0 Å². The van der Waals surface area contributed by atoms with Gasteiger partial charge in [-0.25, -0.2) is 0 Å². The van der Waals surface area contributed by atoms with Crippen molar-refractivity contribution in [2.24, 2.45) is 0 Å².